The number of carbonyl (C=O) groups excluding carboxylic acids is 1. The van der Waals surface area contributed by atoms with E-state index in [1.807, 2.05) is 6.92 Å². The van der Waals surface area contributed by atoms with Crippen LogP contribution in [0.5, 0.6) is 0 Å². The van der Waals surface area contributed by atoms with Gasteiger partial charge in [0.2, 0.25) is 4.75 Å². The number of esters is 1. The van der Waals surface area contributed by atoms with E-state index in [0.717, 1.165) is 5.56 Å². The first-order chi connectivity index (χ1) is 9.67. The van der Waals surface area contributed by atoms with Crippen LogP contribution in [0.3, 0.4) is 0 Å². The summed E-state index contributed by atoms with van der Waals surface area (Å²) in [5, 5.41) is 0. The summed E-state index contributed by atoms with van der Waals surface area (Å²) in [5.41, 5.74) is 0.0953. The van der Waals surface area contributed by atoms with Gasteiger partial charge >= 0.3 is 5.97 Å². The molecule has 0 aliphatic heterocycles. The summed E-state index contributed by atoms with van der Waals surface area (Å²) in [6, 6.07) is 6.43. The van der Waals surface area contributed by atoms with Gasteiger partial charge < -0.3 is 9.47 Å². The van der Waals surface area contributed by atoms with Crippen LogP contribution >= 0.6 is 0 Å². The lowest BCUT2D eigenvalue weighted by atomic mass is 10.1. The standard InChI is InChI=1S/C15H20O5S/c1-10-6-8-11(9-7-10)21(17,18)15(13(16)20-5)12(19-4)14(15,2)3/h6-9,12H,1-5H3/t12-,15+/m0/s1. The Morgan fingerprint density at radius 1 is 1.14 bits per heavy atom. The molecule has 1 saturated carbocycles. The summed E-state index contributed by atoms with van der Waals surface area (Å²) in [6.45, 7) is 5.26. The fourth-order valence-electron chi connectivity index (χ4n) is 3.16. The molecule has 1 aromatic carbocycles. The van der Waals surface area contributed by atoms with Crippen LogP contribution in [0.4, 0.5) is 0 Å². The van der Waals surface area contributed by atoms with Gasteiger partial charge in [-0.3, -0.25) is 4.79 Å². The van der Waals surface area contributed by atoms with Gasteiger partial charge in [0.1, 0.15) is 0 Å². The van der Waals surface area contributed by atoms with Gasteiger partial charge in [0, 0.05) is 12.5 Å². The minimum Gasteiger partial charge on any atom is -0.468 e. The van der Waals surface area contributed by atoms with Crippen LogP contribution < -0.4 is 0 Å². The molecule has 0 bridgehead atoms. The lowest BCUT2D eigenvalue weighted by molar-refractivity contribution is -0.142. The van der Waals surface area contributed by atoms with E-state index in [9.17, 15) is 13.2 Å². The maximum atomic E-state index is 13.0. The van der Waals surface area contributed by atoms with Crippen molar-refractivity contribution in [2.24, 2.45) is 5.41 Å². The number of methoxy groups -OCH3 is 2. The van der Waals surface area contributed by atoms with Gasteiger partial charge in [0.05, 0.1) is 18.1 Å². The molecule has 2 rings (SSSR count). The van der Waals surface area contributed by atoms with Crippen LogP contribution in [0.25, 0.3) is 0 Å². The van der Waals surface area contributed by atoms with Crippen LogP contribution in [-0.2, 0) is 24.1 Å². The Bertz CT molecular complexity index is 660. The number of aryl methyl sites for hydroxylation is 1. The molecular weight excluding hydrogens is 292 g/mol. The van der Waals surface area contributed by atoms with Gasteiger partial charge in [-0.15, -0.1) is 0 Å². The molecule has 0 amide bonds. The Kier molecular flexibility index (Phi) is 3.66. The fraction of sp³-hybridized carbons (Fsp3) is 0.533. The van der Waals surface area contributed by atoms with Crippen molar-refractivity contribution >= 4 is 15.8 Å². The number of hydrogen-bond acceptors (Lipinski definition) is 5. The number of benzene rings is 1. The highest BCUT2D eigenvalue weighted by atomic mass is 32.2. The van der Waals surface area contributed by atoms with Crippen molar-refractivity contribution < 1.29 is 22.7 Å². The molecule has 0 heterocycles. The maximum absolute atomic E-state index is 13.0. The molecule has 1 fully saturated rings. The Morgan fingerprint density at radius 3 is 2.05 bits per heavy atom. The maximum Gasteiger partial charge on any atom is 0.331 e. The van der Waals surface area contributed by atoms with E-state index in [0.29, 0.717) is 0 Å². The van der Waals surface area contributed by atoms with Crippen molar-refractivity contribution in [2.45, 2.75) is 36.5 Å². The first kappa shape index (κ1) is 16.0. The van der Waals surface area contributed by atoms with E-state index in [2.05, 4.69) is 0 Å². The smallest absolute Gasteiger partial charge is 0.331 e. The van der Waals surface area contributed by atoms with Crippen LogP contribution in [0, 0.1) is 12.3 Å². The molecule has 1 aromatic rings. The van der Waals surface area contributed by atoms with Crippen molar-refractivity contribution in [3.8, 4) is 0 Å². The predicted molar refractivity (Wildman–Crippen MR) is 77.7 cm³/mol. The zero-order valence-corrected chi connectivity index (χ0v) is 13.7. The Morgan fingerprint density at radius 2 is 1.67 bits per heavy atom. The van der Waals surface area contributed by atoms with Crippen LogP contribution in [0.1, 0.15) is 19.4 Å². The lowest BCUT2D eigenvalue weighted by Gasteiger charge is -2.18. The molecule has 0 unspecified atom stereocenters. The molecule has 0 saturated heterocycles. The van der Waals surface area contributed by atoms with E-state index in [4.69, 9.17) is 9.47 Å². The van der Waals surface area contributed by atoms with E-state index in [1.165, 1.54) is 26.4 Å². The van der Waals surface area contributed by atoms with Gasteiger partial charge in [0.25, 0.3) is 0 Å². The monoisotopic (exact) mass is 312 g/mol. The average molecular weight is 312 g/mol. The van der Waals surface area contributed by atoms with Gasteiger partial charge in [-0.1, -0.05) is 31.5 Å². The third-order valence-electron chi connectivity index (χ3n) is 4.38. The Hall–Kier alpha value is -1.40. The van der Waals surface area contributed by atoms with Crippen molar-refractivity contribution in [3.63, 3.8) is 0 Å². The quantitative estimate of drug-likeness (QED) is 0.792. The lowest BCUT2D eigenvalue weighted by Crippen LogP contribution is -2.40. The van der Waals surface area contributed by atoms with E-state index in [1.54, 1.807) is 26.0 Å². The van der Waals surface area contributed by atoms with Crippen LogP contribution in [0.15, 0.2) is 29.2 Å². The molecule has 5 nitrogen and oxygen atoms in total. The number of ether oxygens (including phenoxy) is 2. The Labute approximate surface area is 125 Å². The van der Waals surface area contributed by atoms with Gasteiger partial charge in [-0.05, 0) is 19.1 Å². The van der Waals surface area contributed by atoms with Crippen molar-refractivity contribution in [1.29, 1.82) is 0 Å². The van der Waals surface area contributed by atoms with Crippen LogP contribution in [0.2, 0.25) is 0 Å². The molecule has 1 aliphatic carbocycles. The van der Waals surface area contributed by atoms with Gasteiger partial charge in [-0.2, -0.15) is 0 Å². The van der Waals surface area contributed by atoms with Gasteiger partial charge in [-0.25, -0.2) is 8.42 Å². The van der Waals surface area contributed by atoms with E-state index < -0.39 is 32.1 Å². The molecule has 6 heteroatoms. The van der Waals surface area contributed by atoms with Crippen molar-refractivity contribution in [2.75, 3.05) is 14.2 Å². The Balaban J connectivity index is 2.64. The zero-order chi connectivity index (χ0) is 16.1. The molecule has 0 aromatic heterocycles. The number of hydrogen-bond donors (Lipinski definition) is 0. The zero-order valence-electron chi connectivity index (χ0n) is 12.8. The molecule has 0 radical (unpaired) electrons. The summed E-state index contributed by atoms with van der Waals surface area (Å²) in [6.07, 6.45) is -0.733. The number of carbonyl (C=O) groups is 1. The van der Waals surface area contributed by atoms with Crippen molar-refractivity contribution in [3.05, 3.63) is 29.8 Å². The van der Waals surface area contributed by atoms with Gasteiger partial charge in [0.15, 0.2) is 9.84 Å². The second-order valence-electron chi connectivity index (χ2n) is 5.88. The molecule has 2 atom stereocenters. The summed E-state index contributed by atoms with van der Waals surface area (Å²) in [7, 11) is -1.33. The van der Waals surface area contributed by atoms with E-state index in [-0.39, 0.29) is 4.90 Å². The number of rotatable bonds is 4. The third-order valence-corrected chi connectivity index (χ3v) is 7.03. The molecule has 116 valence electrons. The second kappa shape index (κ2) is 4.81. The summed E-state index contributed by atoms with van der Waals surface area (Å²) in [4.78, 5) is 12.4. The summed E-state index contributed by atoms with van der Waals surface area (Å²) in [5.74, 6) is -0.778. The predicted octanol–water partition coefficient (Wildman–Crippen LogP) is 1.74. The number of sulfone groups is 1. The largest absolute Gasteiger partial charge is 0.468 e. The minimum absolute atomic E-state index is 0.103. The molecule has 21 heavy (non-hydrogen) atoms. The average Bonchev–Trinajstić information content (AvgIpc) is 2.96. The highest BCUT2D eigenvalue weighted by molar-refractivity contribution is 7.94. The summed E-state index contributed by atoms with van der Waals surface area (Å²) < 4.78 is 34.4. The molecular formula is C15H20O5S. The molecule has 1 aliphatic rings. The topological polar surface area (TPSA) is 69.7 Å². The highest BCUT2D eigenvalue weighted by Gasteiger charge is 2.84. The fourth-order valence-corrected chi connectivity index (χ4v) is 5.74. The first-order valence-electron chi connectivity index (χ1n) is 6.60. The highest BCUT2D eigenvalue weighted by Crippen LogP contribution is 2.64. The first-order valence-corrected chi connectivity index (χ1v) is 8.08. The SMILES string of the molecule is COC(=O)[C@]1(S(=O)(=O)c2ccc(C)cc2)[C@@H](OC)C1(C)C. The minimum atomic E-state index is -3.92. The van der Waals surface area contributed by atoms with Crippen LogP contribution in [-0.4, -0.2) is 39.5 Å². The normalized spacial score (nSPS) is 27.2. The third kappa shape index (κ3) is 1.85. The van der Waals surface area contributed by atoms with Crippen molar-refractivity contribution in [1.82, 2.24) is 0 Å². The summed E-state index contributed by atoms with van der Waals surface area (Å²) >= 11 is 0. The van der Waals surface area contributed by atoms with E-state index >= 15 is 0 Å². The molecule has 0 spiro atoms. The second-order valence-corrected chi connectivity index (χ2v) is 8.00. The molecule has 0 N–H and O–H groups in total.